The monoisotopic (exact) mass is 206 g/mol. The minimum atomic E-state index is 0.897. The largest absolute Gasteiger partial charge is 0.311 e. The van der Waals surface area contributed by atoms with Crippen molar-refractivity contribution in [1.82, 2.24) is 10.3 Å². The number of aromatic nitrogens is 1. The molecule has 0 spiro atoms. The van der Waals surface area contributed by atoms with Crippen LogP contribution in [-0.4, -0.2) is 11.5 Å². The van der Waals surface area contributed by atoms with Crippen LogP contribution in [0.5, 0.6) is 0 Å². The number of hydrogen-bond acceptors (Lipinski definition) is 2. The summed E-state index contributed by atoms with van der Waals surface area (Å²) in [4.78, 5) is 4.44. The number of unbranched alkanes of at least 4 members (excludes halogenated alkanes) is 3. The van der Waals surface area contributed by atoms with E-state index in [0.717, 1.165) is 24.5 Å². The van der Waals surface area contributed by atoms with Gasteiger partial charge in [0.1, 0.15) is 0 Å². The lowest BCUT2D eigenvalue weighted by Gasteiger charge is -2.04. The van der Waals surface area contributed by atoms with E-state index in [9.17, 15) is 0 Å². The Kier molecular flexibility index (Phi) is 6.02. The molecule has 1 aromatic rings. The van der Waals surface area contributed by atoms with Gasteiger partial charge in [-0.3, -0.25) is 4.98 Å². The fourth-order valence-corrected chi connectivity index (χ4v) is 1.59. The van der Waals surface area contributed by atoms with Crippen LogP contribution < -0.4 is 5.32 Å². The molecule has 15 heavy (non-hydrogen) atoms. The van der Waals surface area contributed by atoms with E-state index in [1.807, 2.05) is 13.0 Å². The summed E-state index contributed by atoms with van der Waals surface area (Å²) in [6.45, 7) is 6.28. The smallest absolute Gasteiger partial charge is 0.0544 e. The third kappa shape index (κ3) is 5.53. The molecule has 0 amide bonds. The standard InChI is InChI=1S/C13H22N2/c1-3-4-5-6-10-14-11-13-9-7-8-12(2)15-13/h7-9,14H,3-6,10-11H2,1-2H3. The van der Waals surface area contributed by atoms with Crippen LogP contribution >= 0.6 is 0 Å². The van der Waals surface area contributed by atoms with Gasteiger partial charge in [-0.15, -0.1) is 0 Å². The van der Waals surface area contributed by atoms with Crippen molar-refractivity contribution in [2.75, 3.05) is 6.54 Å². The number of pyridine rings is 1. The van der Waals surface area contributed by atoms with Gasteiger partial charge in [0, 0.05) is 12.2 Å². The Morgan fingerprint density at radius 2 is 2.07 bits per heavy atom. The van der Waals surface area contributed by atoms with Crippen LogP contribution in [0, 0.1) is 6.92 Å². The van der Waals surface area contributed by atoms with Crippen LogP contribution in [0.3, 0.4) is 0 Å². The van der Waals surface area contributed by atoms with Crippen LogP contribution in [0.25, 0.3) is 0 Å². The summed E-state index contributed by atoms with van der Waals surface area (Å²) in [6.07, 6.45) is 5.27. The normalized spacial score (nSPS) is 10.5. The predicted octanol–water partition coefficient (Wildman–Crippen LogP) is 3.06. The first-order valence-corrected chi connectivity index (χ1v) is 5.96. The zero-order chi connectivity index (χ0) is 10.9. The van der Waals surface area contributed by atoms with E-state index in [1.54, 1.807) is 0 Å². The van der Waals surface area contributed by atoms with Crippen molar-refractivity contribution in [2.45, 2.75) is 46.1 Å². The molecule has 0 bridgehead atoms. The Bertz CT molecular complexity index is 271. The highest BCUT2D eigenvalue weighted by Crippen LogP contribution is 1.99. The average molecular weight is 206 g/mol. The number of aryl methyl sites for hydroxylation is 1. The van der Waals surface area contributed by atoms with Crippen molar-refractivity contribution in [2.24, 2.45) is 0 Å². The van der Waals surface area contributed by atoms with Gasteiger partial charge >= 0.3 is 0 Å². The van der Waals surface area contributed by atoms with E-state index in [1.165, 1.54) is 25.7 Å². The van der Waals surface area contributed by atoms with E-state index in [4.69, 9.17) is 0 Å². The van der Waals surface area contributed by atoms with E-state index in [-0.39, 0.29) is 0 Å². The quantitative estimate of drug-likeness (QED) is 0.694. The molecule has 0 aliphatic heterocycles. The number of nitrogens with one attached hydrogen (secondary N) is 1. The predicted molar refractivity (Wildman–Crippen MR) is 64.8 cm³/mol. The third-order valence-corrected chi connectivity index (χ3v) is 2.46. The van der Waals surface area contributed by atoms with Crippen molar-refractivity contribution in [3.63, 3.8) is 0 Å². The summed E-state index contributed by atoms with van der Waals surface area (Å²) in [7, 11) is 0. The lowest BCUT2D eigenvalue weighted by Crippen LogP contribution is -2.15. The molecule has 0 radical (unpaired) electrons. The van der Waals surface area contributed by atoms with Crippen LogP contribution in [0.1, 0.15) is 44.0 Å². The molecule has 1 heterocycles. The minimum absolute atomic E-state index is 0.897. The van der Waals surface area contributed by atoms with Gasteiger partial charge in [0.2, 0.25) is 0 Å². The number of nitrogens with zero attached hydrogens (tertiary/aromatic N) is 1. The molecule has 84 valence electrons. The van der Waals surface area contributed by atoms with Gasteiger partial charge in [0.25, 0.3) is 0 Å². The maximum atomic E-state index is 4.44. The van der Waals surface area contributed by atoms with Crippen molar-refractivity contribution in [3.8, 4) is 0 Å². The SMILES string of the molecule is CCCCCCNCc1cccc(C)n1. The molecular weight excluding hydrogens is 184 g/mol. The van der Waals surface area contributed by atoms with Crippen molar-refractivity contribution >= 4 is 0 Å². The van der Waals surface area contributed by atoms with Crippen LogP contribution in [0.4, 0.5) is 0 Å². The Hall–Kier alpha value is -0.890. The summed E-state index contributed by atoms with van der Waals surface area (Å²) in [5, 5.41) is 3.43. The summed E-state index contributed by atoms with van der Waals surface area (Å²) in [6, 6.07) is 6.17. The highest BCUT2D eigenvalue weighted by atomic mass is 14.9. The molecule has 2 nitrogen and oxygen atoms in total. The molecule has 1 N–H and O–H groups in total. The molecule has 2 heteroatoms. The van der Waals surface area contributed by atoms with Gasteiger partial charge in [0.15, 0.2) is 0 Å². The Balaban J connectivity index is 2.10. The number of rotatable bonds is 7. The third-order valence-electron chi connectivity index (χ3n) is 2.46. The Labute approximate surface area is 93.1 Å². The summed E-state index contributed by atoms with van der Waals surface area (Å²) in [5.74, 6) is 0. The zero-order valence-electron chi connectivity index (χ0n) is 9.92. The molecule has 0 aliphatic rings. The molecule has 0 fully saturated rings. The zero-order valence-corrected chi connectivity index (χ0v) is 9.92. The minimum Gasteiger partial charge on any atom is -0.311 e. The number of hydrogen-bond donors (Lipinski definition) is 1. The summed E-state index contributed by atoms with van der Waals surface area (Å²) in [5.41, 5.74) is 2.24. The first-order valence-electron chi connectivity index (χ1n) is 5.96. The lowest BCUT2D eigenvalue weighted by atomic mass is 10.2. The van der Waals surface area contributed by atoms with Crippen molar-refractivity contribution in [3.05, 3.63) is 29.6 Å². The molecule has 0 aliphatic carbocycles. The summed E-state index contributed by atoms with van der Waals surface area (Å²) < 4.78 is 0. The first-order chi connectivity index (χ1) is 7.33. The second-order valence-electron chi connectivity index (χ2n) is 4.01. The molecular formula is C13H22N2. The molecule has 0 saturated carbocycles. The maximum absolute atomic E-state index is 4.44. The van der Waals surface area contributed by atoms with Gasteiger partial charge < -0.3 is 5.32 Å². The van der Waals surface area contributed by atoms with Crippen LogP contribution in [-0.2, 0) is 6.54 Å². The second kappa shape index (κ2) is 7.41. The Morgan fingerprint density at radius 3 is 2.80 bits per heavy atom. The van der Waals surface area contributed by atoms with Crippen molar-refractivity contribution in [1.29, 1.82) is 0 Å². The first kappa shape index (κ1) is 12.2. The fourth-order valence-electron chi connectivity index (χ4n) is 1.59. The molecule has 0 aromatic carbocycles. The fraction of sp³-hybridized carbons (Fsp3) is 0.615. The summed E-state index contributed by atoms with van der Waals surface area (Å²) >= 11 is 0. The van der Waals surface area contributed by atoms with Crippen LogP contribution in [0.2, 0.25) is 0 Å². The van der Waals surface area contributed by atoms with E-state index in [0.29, 0.717) is 0 Å². The van der Waals surface area contributed by atoms with Gasteiger partial charge in [-0.05, 0) is 32.0 Å². The van der Waals surface area contributed by atoms with Crippen LogP contribution in [0.15, 0.2) is 18.2 Å². The van der Waals surface area contributed by atoms with Gasteiger partial charge in [-0.1, -0.05) is 32.3 Å². The molecule has 1 rings (SSSR count). The Morgan fingerprint density at radius 1 is 1.20 bits per heavy atom. The molecule has 0 atom stereocenters. The van der Waals surface area contributed by atoms with E-state index in [2.05, 4.69) is 29.4 Å². The highest BCUT2D eigenvalue weighted by Gasteiger charge is 1.94. The average Bonchev–Trinajstić information content (AvgIpc) is 2.23. The van der Waals surface area contributed by atoms with Gasteiger partial charge in [-0.25, -0.2) is 0 Å². The van der Waals surface area contributed by atoms with Crippen molar-refractivity contribution < 1.29 is 0 Å². The molecule has 0 saturated heterocycles. The van der Waals surface area contributed by atoms with Gasteiger partial charge in [-0.2, -0.15) is 0 Å². The molecule has 1 aromatic heterocycles. The second-order valence-corrected chi connectivity index (χ2v) is 4.01. The topological polar surface area (TPSA) is 24.9 Å². The maximum Gasteiger partial charge on any atom is 0.0544 e. The van der Waals surface area contributed by atoms with Gasteiger partial charge in [0.05, 0.1) is 5.69 Å². The lowest BCUT2D eigenvalue weighted by molar-refractivity contribution is 0.593. The van der Waals surface area contributed by atoms with E-state index < -0.39 is 0 Å². The molecule has 0 unspecified atom stereocenters. The highest BCUT2D eigenvalue weighted by molar-refractivity contribution is 5.09. The van der Waals surface area contributed by atoms with E-state index >= 15 is 0 Å².